The molecule has 0 N–H and O–H groups in total. The van der Waals surface area contributed by atoms with E-state index in [1.807, 2.05) is 41.8 Å². The van der Waals surface area contributed by atoms with Crippen LogP contribution < -0.4 is 4.74 Å². The van der Waals surface area contributed by atoms with Crippen molar-refractivity contribution in [2.45, 2.75) is 6.61 Å². The lowest BCUT2D eigenvalue weighted by Gasteiger charge is -2.06. The quantitative estimate of drug-likeness (QED) is 0.725. The Labute approximate surface area is 114 Å². The van der Waals surface area contributed by atoms with Crippen LogP contribution in [0, 0.1) is 11.3 Å². The monoisotopic (exact) mass is 266 g/mol. The van der Waals surface area contributed by atoms with Gasteiger partial charge >= 0.3 is 0 Å². The zero-order valence-electron chi connectivity index (χ0n) is 10.0. The summed E-state index contributed by atoms with van der Waals surface area (Å²) >= 11 is 1.64. The molecule has 3 nitrogen and oxygen atoms in total. The number of nitrogens with zero attached hydrogens (tertiary/aromatic N) is 2. The van der Waals surface area contributed by atoms with Crippen molar-refractivity contribution in [3.8, 4) is 11.9 Å². The van der Waals surface area contributed by atoms with Crippen LogP contribution in [0.15, 0.2) is 47.8 Å². The molecule has 0 fully saturated rings. The van der Waals surface area contributed by atoms with Crippen LogP contribution in [0.4, 0.5) is 0 Å². The van der Waals surface area contributed by atoms with Gasteiger partial charge in [-0.1, -0.05) is 24.3 Å². The SMILES string of the molecule is N#Cc1cc(OCc2cccs2)nc2ccccc12. The Hall–Kier alpha value is -2.38. The van der Waals surface area contributed by atoms with Crippen LogP contribution >= 0.6 is 11.3 Å². The van der Waals surface area contributed by atoms with Gasteiger partial charge in [-0.3, -0.25) is 0 Å². The van der Waals surface area contributed by atoms with Gasteiger partial charge in [-0.25, -0.2) is 4.98 Å². The summed E-state index contributed by atoms with van der Waals surface area (Å²) in [5, 5.41) is 12.0. The Morgan fingerprint density at radius 1 is 1.21 bits per heavy atom. The molecule has 2 aromatic heterocycles. The maximum atomic E-state index is 9.18. The van der Waals surface area contributed by atoms with E-state index in [9.17, 15) is 5.26 Å². The molecule has 0 bridgehead atoms. The highest BCUT2D eigenvalue weighted by atomic mass is 32.1. The molecule has 92 valence electrons. The highest BCUT2D eigenvalue weighted by Gasteiger charge is 2.06. The molecule has 0 unspecified atom stereocenters. The Balaban J connectivity index is 1.94. The normalized spacial score (nSPS) is 10.3. The van der Waals surface area contributed by atoms with Crippen molar-refractivity contribution < 1.29 is 4.74 Å². The van der Waals surface area contributed by atoms with Crippen LogP contribution in [0.3, 0.4) is 0 Å². The maximum Gasteiger partial charge on any atom is 0.215 e. The van der Waals surface area contributed by atoms with Crippen molar-refractivity contribution in [2.24, 2.45) is 0 Å². The fourth-order valence-electron chi connectivity index (χ4n) is 1.86. The summed E-state index contributed by atoms with van der Waals surface area (Å²) in [5.41, 5.74) is 1.37. The number of nitriles is 1. The largest absolute Gasteiger partial charge is 0.472 e. The molecule has 3 rings (SSSR count). The molecule has 0 aliphatic carbocycles. The van der Waals surface area contributed by atoms with Crippen LogP contribution in [-0.2, 0) is 6.61 Å². The molecular formula is C15H10N2OS. The predicted molar refractivity (Wildman–Crippen MR) is 75.1 cm³/mol. The van der Waals surface area contributed by atoms with E-state index in [1.54, 1.807) is 17.4 Å². The molecule has 19 heavy (non-hydrogen) atoms. The minimum Gasteiger partial charge on any atom is -0.472 e. The number of para-hydroxylation sites is 1. The first-order valence-electron chi connectivity index (χ1n) is 5.82. The van der Waals surface area contributed by atoms with Gasteiger partial charge in [0.05, 0.1) is 11.1 Å². The van der Waals surface area contributed by atoms with Gasteiger partial charge < -0.3 is 4.74 Å². The second-order valence-electron chi connectivity index (χ2n) is 4.01. The summed E-state index contributed by atoms with van der Waals surface area (Å²) in [5.74, 6) is 0.489. The van der Waals surface area contributed by atoms with E-state index in [0.29, 0.717) is 18.1 Å². The summed E-state index contributed by atoms with van der Waals surface area (Å²) in [7, 11) is 0. The number of benzene rings is 1. The van der Waals surface area contributed by atoms with Crippen LogP contribution in [0.1, 0.15) is 10.4 Å². The van der Waals surface area contributed by atoms with Gasteiger partial charge in [0.2, 0.25) is 5.88 Å². The second kappa shape index (κ2) is 5.09. The first-order valence-corrected chi connectivity index (χ1v) is 6.70. The minimum atomic E-state index is 0.480. The van der Waals surface area contributed by atoms with Crippen LogP contribution in [0.25, 0.3) is 10.9 Å². The summed E-state index contributed by atoms with van der Waals surface area (Å²) in [6.07, 6.45) is 0. The standard InChI is InChI=1S/C15H10N2OS/c16-9-11-8-15(18-10-12-4-3-7-19-12)17-14-6-2-1-5-13(11)14/h1-8H,10H2. The smallest absolute Gasteiger partial charge is 0.215 e. The fourth-order valence-corrected chi connectivity index (χ4v) is 2.47. The van der Waals surface area contributed by atoms with Crippen molar-refractivity contribution in [3.05, 3.63) is 58.3 Å². The molecule has 0 radical (unpaired) electrons. The Bertz CT molecular complexity index is 744. The molecule has 0 saturated heterocycles. The summed E-state index contributed by atoms with van der Waals surface area (Å²) in [6.45, 7) is 0.480. The molecule has 0 saturated carbocycles. The predicted octanol–water partition coefficient (Wildman–Crippen LogP) is 3.75. The highest BCUT2D eigenvalue weighted by molar-refractivity contribution is 7.09. The van der Waals surface area contributed by atoms with Crippen molar-refractivity contribution in [1.82, 2.24) is 4.98 Å². The molecule has 2 heterocycles. The number of aromatic nitrogens is 1. The zero-order chi connectivity index (χ0) is 13.1. The Kier molecular flexibility index (Phi) is 3.13. The molecule has 0 spiro atoms. The Morgan fingerprint density at radius 3 is 2.89 bits per heavy atom. The molecule has 3 aromatic rings. The number of thiophene rings is 1. The van der Waals surface area contributed by atoms with Gasteiger partial charge in [0, 0.05) is 16.3 Å². The molecule has 0 atom stereocenters. The number of ether oxygens (including phenoxy) is 1. The molecule has 1 aromatic carbocycles. The van der Waals surface area contributed by atoms with Crippen molar-refractivity contribution in [2.75, 3.05) is 0 Å². The molecule has 0 aliphatic rings. The number of fused-ring (bicyclic) bond motifs is 1. The van der Waals surface area contributed by atoms with E-state index in [0.717, 1.165) is 15.8 Å². The van der Waals surface area contributed by atoms with Crippen LogP contribution in [-0.4, -0.2) is 4.98 Å². The third kappa shape index (κ3) is 2.42. The van der Waals surface area contributed by atoms with Gasteiger partial charge in [-0.15, -0.1) is 11.3 Å². The zero-order valence-corrected chi connectivity index (χ0v) is 10.9. The van der Waals surface area contributed by atoms with Gasteiger partial charge in [0.15, 0.2) is 0 Å². The number of rotatable bonds is 3. The van der Waals surface area contributed by atoms with Gasteiger partial charge in [-0.2, -0.15) is 5.26 Å². The number of pyridine rings is 1. The van der Waals surface area contributed by atoms with Crippen molar-refractivity contribution >= 4 is 22.2 Å². The average molecular weight is 266 g/mol. The van der Waals surface area contributed by atoms with E-state index >= 15 is 0 Å². The lowest BCUT2D eigenvalue weighted by molar-refractivity contribution is 0.298. The second-order valence-corrected chi connectivity index (χ2v) is 5.04. The number of hydrogen-bond donors (Lipinski definition) is 0. The van der Waals surface area contributed by atoms with E-state index in [4.69, 9.17) is 4.74 Å². The lowest BCUT2D eigenvalue weighted by atomic mass is 10.1. The van der Waals surface area contributed by atoms with Crippen molar-refractivity contribution in [3.63, 3.8) is 0 Å². The third-order valence-electron chi connectivity index (χ3n) is 2.76. The lowest BCUT2D eigenvalue weighted by Crippen LogP contribution is -1.96. The molecular weight excluding hydrogens is 256 g/mol. The summed E-state index contributed by atoms with van der Waals surface area (Å²) < 4.78 is 5.65. The van der Waals surface area contributed by atoms with Gasteiger partial charge in [0.1, 0.15) is 12.7 Å². The summed E-state index contributed by atoms with van der Waals surface area (Å²) in [6, 6.07) is 15.4. The fraction of sp³-hybridized carbons (Fsp3) is 0.0667. The summed E-state index contributed by atoms with van der Waals surface area (Å²) in [4.78, 5) is 5.55. The Morgan fingerprint density at radius 2 is 2.11 bits per heavy atom. The van der Waals surface area contributed by atoms with E-state index in [-0.39, 0.29) is 0 Å². The highest BCUT2D eigenvalue weighted by Crippen LogP contribution is 2.22. The van der Waals surface area contributed by atoms with E-state index in [2.05, 4.69) is 11.1 Å². The molecule has 0 amide bonds. The maximum absolute atomic E-state index is 9.18. The number of hydrogen-bond acceptors (Lipinski definition) is 4. The average Bonchev–Trinajstić information content (AvgIpc) is 2.97. The van der Waals surface area contributed by atoms with Gasteiger partial charge in [-0.05, 0) is 17.5 Å². The first-order chi connectivity index (χ1) is 9.36. The van der Waals surface area contributed by atoms with Crippen LogP contribution in [0.5, 0.6) is 5.88 Å². The van der Waals surface area contributed by atoms with Gasteiger partial charge in [0.25, 0.3) is 0 Å². The van der Waals surface area contributed by atoms with E-state index in [1.165, 1.54) is 0 Å². The molecule has 0 aliphatic heterocycles. The van der Waals surface area contributed by atoms with Crippen LogP contribution in [0.2, 0.25) is 0 Å². The topological polar surface area (TPSA) is 45.9 Å². The van der Waals surface area contributed by atoms with E-state index < -0.39 is 0 Å². The molecule has 4 heteroatoms. The third-order valence-corrected chi connectivity index (χ3v) is 3.61. The minimum absolute atomic E-state index is 0.480. The first kappa shape index (κ1) is 11.7. The van der Waals surface area contributed by atoms with Crippen molar-refractivity contribution in [1.29, 1.82) is 5.26 Å².